The van der Waals surface area contributed by atoms with E-state index in [2.05, 4.69) is 4.98 Å². The summed E-state index contributed by atoms with van der Waals surface area (Å²) in [6, 6.07) is 9.34. The first-order valence-electron chi connectivity index (χ1n) is 5.42. The molecule has 1 aliphatic rings. The Morgan fingerprint density at radius 1 is 1.18 bits per heavy atom. The van der Waals surface area contributed by atoms with E-state index < -0.39 is 0 Å². The van der Waals surface area contributed by atoms with Crippen molar-refractivity contribution in [1.82, 2.24) is 4.98 Å². The number of nitrogens with zero attached hydrogens (tertiary/aromatic N) is 1. The molecule has 3 heteroatoms. The van der Waals surface area contributed by atoms with E-state index in [0.717, 1.165) is 22.4 Å². The summed E-state index contributed by atoms with van der Waals surface area (Å²) in [5.41, 5.74) is 3.98. The molecule has 1 heterocycles. The van der Waals surface area contributed by atoms with E-state index in [9.17, 15) is 4.79 Å². The molecule has 1 aromatic carbocycles. The fraction of sp³-hybridized carbons (Fsp3) is 0.143. The Morgan fingerprint density at radius 2 is 1.88 bits per heavy atom. The van der Waals surface area contributed by atoms with Crippen LogP contribution >= 0.6 is 0 Å². The molecule has 0 saturated carbocycles. The third kappa shape index (κ3) is 1.29. The van der Waals surface area contributed by atoms with Crippen molar-refractivity contribution < 1.29 is 9.53 Å². The highest BCUT2D eigenvalue weighted by molar-refractivity contribution is 6.21. The number of aromatic nitrogens is 1. The largest absolute Gasteiger partial charge is 0.481 e. The second kappa shape index (κ2) is 3.42. The summed E-state index contributed by atoms with van der Waals surface area (Å²) in [6.45, 7) is 1.91. The minimum absolute atomic E-state index is 0.0586. The zero-order chi connectivity index (χ0) is 12.0. The van der Waals surface area contributed by atoms with Gasteiger partial charge in [0.1, 0.15) is 0 Å². The molecule has 3 nitrogen and oxygen atoms in total. The molecule has 0 spiro atoms. The standard InChI is InChI=1S/C14H11NO2/c1-8-7-11(17-2)15-13-9-5-3-4-6-10(9)14(16)12(8)13/h3-7H,1-2H3. The molecule has 0 fully saturated rings. The first-order valence-corrected chi connectivity index (χ1v) is 5.42. The van der Waals surface area contributed by atoms with Gasteiger partial charge in [-0.15, -0.1) is 0 Å². The Balaban J connectivity index is 2.36. The summed E-state index contributed by atoms with van der Waals surface area (Å²) in [6.07, 6.45) is 0. The highest BCUT2D eigenvalue weighted by atomic mass is 16.5. The molecule has 3 rings (SSSR count). The van der Waals surface area contributed by atoms with Gasteiger partial charge in [0.2, 0.25) is 5.88 Å². The lowest BCUT2D eigenvalue weighted by molar-refractivity contribution is 0.104. The van der Waals surface area contributed by atoms with E-state index in [4.69, 9.17) is 4.74 Å². The second-order valence-electron chi connectivity index (χ2n) is 4.08. The van der Waals surface area contributed by atoms with Gasteiger partial charge in [-0.1, -0.05) is 24.3 Å². The maximum atomic E-state index is 12.2. The van der Waals surface area contributed by atoms with Crippen molar-refractivity contribution in [3.63, 3.8) is 0 Å². The number of fused-ring (bicyclic) bond motifs is 3. The quantitative estimate of drug-likeness (QED) is 0.639. The number of aryl methyl sites for hydroxylation is 1. The van der Waals surface area contributed by atoms with Crippen molar-refractivity contribution in [3.8, 4) is 17.1 Å². The molecule has 0 aliphatic heterocycles. The number of pyridine rings is 1. The number of ketones is 1. The maximum absolute atomic E-state index is 12.2. The Morgan fingerprint density at radius 3 is 2.59 bits per heavy atom. The van der Waals surface area contributed by atoms with Crippen LogP contribution in [0.4, 0.5) is 0 Å². The third-order valence-corrected chi connectivity index (χ3v) is 3.06. The maximum Gasteiger partial charge on any atom is 0.213 e. The minimum Gasteiger partial charge on any atom is -0.481 e. The van der Waals surface area contributed by atoms with Crippen LogP contribution in [0, 0.1) is 6.92 Å². The summed E-state index contributed by atoms with van der Waals surface area (Å²) in [7, 11) is 1.58. The van der Waals surface area contributed by atoms with E-state index in [1.807, 2.05) is 31.2 Å². The molecule has 17 heavy (non-hydrogen) atoms. The highest BCUT2D eigenvalue weighted by Crippen LogP contribution is 2.37. The molecule has 0 unspecified atom stereocenters. The molecule has 2 aromatic rings. The molecule has 1 aromatic heterocycles. The summed E-state index contributed by atoms with van der Waals surface area (Å²) in [5.74, 6) is 0.606. The van der Waals surface area contributed by atoms with Crippen LogP contribution in [0.5, 0.6) is 5.88 Å². The van der Waals surface area contributed by atoms with Gasteiger partial charge in [0.05, 0.1) is 18.4 Å². The first kappa shape index (κ1) is 10.0. The lowest BCUT2D eigenvalue weighted by atomic mass is 10.1. The predicted molar refractivity (Wildman–Crippen MR) is 64.4 cm³/mol. The topological polar surface area (TPSA) is 39.2 Å². The van der Waals surface area contributed by atoms with Gasteiger partial charge in [0.15, 0.2) is 5.78 Å². The zero-order valence-corrected chi connectivity index (χ0v) is 9.65. The van der Waals surface area contributed by atoms with Crippen molar-refractivity contribution in [1.29, 1.82) is 0 Å². The summed E-state index contributed by atoms with van der Waals surface area (Å²) < 4.78 is 5.15. The molecule has 84 valence electrons. The van der Waals surface area contributed by atoms with Crippen LogP contribution in [0.1, 0.15) is 21.5 Å². The summed E-state index contributed by atoms with van der Waals surface area (Å²) >= 11 is 0. The number of ether oxygens (including phenoxy) is 1. The molecule has 0 radical (unpaired) electrons. The van der Waals surface area contributed by atoms with Crippen LogP contribution in [0.15, 0.2) is 30.3 Å². The Labute approximate surface area is 99.1 Å². The van der Waals surface area contributed by atoms with Crippen LogP contribution in [0.2, 0.25) is 0 Å². The average Bonchev–Trinajstić information content (AvgIpc) is 2.64. The van der Waals surface area contributed by atoms with E-state index >= 15 is 0 Å². The number of methoxy groups -OCH3 is 1. The SMILES string of the molecule is COc1cc(C)c2c(n1)-c1ccccc1C2=O. The van der Waals surface area contributed by atoms with Gasteiger partial charge in [-0.3, -0.25) is 4.79 Å². The number of hydrogen-bond acceptors (Lipinski definition) is 3. The van der Waals surface area contributed by atoms with Crippen molar-refractivity contribution >= 4 is 5.78 Å². The highest BCUT2D eigenvalue weighted by Gasteiger charge is 2.29. The third-order valence-electron chi connectivity index (χ3n) is 3.06. The van der Waals surface area contributed by atoms with E-state index in [1.165, 1.54) is 0 Å². The zero-order valence-electron chi connectivity index (χ0n) is 9.65. The van der Waals surface area contributed by atoms with Gasteiger partial charge in [0.25, 0.3) is 0 Å². The van der Waals surface area contributed by atoms with Crippen molar-refractivity contribution in [2.75, 3.05) is 7.11 Å². The van der Waals surface area contributed by atoms with Crippen molar-refractivity contribution in [2.24, 2.45) is 0 Å². The molecular formula is C14H11NO2. The number of hydrogen-bond donors (Lipinski definition) is 0. The smallest absolute Gasteiger partial charge is 0.213 e. The second-order valence-corrected chi connectivity index (χ2v) is 4.08. The first-order chi connectivity index (χ1) is 8.22. The minimum atomic E-state index is 0.0586. The number of carbonyl (C=O) groups excluding carboxylic acids is 1. The fourth-order valence-corrected chi connectivity index (χ4v) is 2.25. The van der Waals surface area contributed by atoms with Crippen LogP contribution in [0.3, 0.4) is 0 Å². The molecule has 0 bridgehead atoms. The number of carbonyl (C=O) groups is 1. The predicted octanol–water partition coefficient (Wildman–Crippen LogP) is 2.61. The number of benzene rings is 1. The van der Waals surface area contributed by atoms with Crippen LogP contribution < -0.4 is 4.74 Å². The van der Waals surface area contributed by atoms with Gasteiger partial charge in [0, 0.05) is 17.2 Å². The summed E-state index contributed by atoms with van der Waals surface area (Å²) in [4.78, 5) is 16.6. The molecule has 0 amide bonds. The molecule has 0 N–H and O–H groups in total. The summed E-state index contributed by atoms with van der Waals surface area (Å²) in [5, 5.41) is 0. The number of rotatable bonds is 1. The molecular weight excluding hydrogens is 214 g/mol. The average molecular weight is 225 g/mol. The van der Waals surface area contributed by atoms with E-state index in [-0.39, 0.29) is 5.78 Å². The molecule has 0 saturated heterocycles. The van der Waals surface area contributed by atoms with Crippen LogP contribution in [-0.4, -0.2) is 17.9 Å². The normalized spacial score (nSPS) is 12.2. The Kier molecular flexibility index (Phi) is 2.01. The van der Waals surface area contributed by atoms with Gasteiger partial charge in [-0.25, -0.2) is 4.98 Å². The fourth-order valence-electron chi connectivity index (χ4n) is 2.25. The van der Waals surface area contributed by atoms with Gasteiger partial charge in [-0.2, -0.15) is 0 Å². The Hall–Kier alpha value is -2.16. The van der Waals surface area contributed by atoms with Gasteiger partial charge >= 0.3 is 0 Å². The lowest BCUT2D eigenvalue weighted by Gasteiger charge is -2.05. The van der Waals surface area contributed by atoms with E-state index in [0.29, 0.717) is 11.4 Å². The van der Waals surface area contributed by atoms with Gasteiger partial charge in [-0.05, 0) is 12.5 Å². The Bertz CT molecular complexity index is 632. The molecule has 0 atom stereocenters. The van der Waals surface area contributed by atoms with Crippen molar-refractivity contribution in [3.05, 3.63) is 47.0 Å². The van der Waals surface area contributed by atoms with Crippen molar-refractivity contribution in [2.45, 2.75) is 6.92 Å². The van der Waals surface area contributed by atoms with Crippen LogP contribution in [-0.2, 0) is 0 Å². The monoisotopic (exact) mass is 225 g/mol. The van der Waals surface area contributed by atoms with Crippen LogP contribution in [0.25, 0.3) is 11.3 Å². The lowest BCUT2D eigenvalue weighted by Crippen LogP contribution is -2.00. The van der Waals surface area contributed by atoms with E-state index in [1.54, 1.807) is 13.2 Å². The molecule has 1 aliphatic carbocycles. The van der Waals surface area contributed by atoms with Gasteiger partial charge < -0.3 is 4.74 Å².